The van der Waals surface area contributed by atoms with Gasteiger partial charge in [-0.25, -0.2) is 0 Å². The molecule has 6 nitrogen and oxygen atoms in total. The quantitative estimate of drug-likeness (QED) is 0.802. The number of hydrogen-bond acceptors (Lipinski definition) is 6. The molecule has 2 aliphatic rings. The van der Waals surface area contributed by atoms with Crippen molar-refractivity contribution in [2.75, 3.05) is 13.7 Å². The van der Waals surface area contributed by atoms with Crippen LogP contribution < -0.4 is 14.8 Å². The maximum absolute atomic E-state index is 11.7. The number of hydrogen-bond donors (Lipinski definition) is 1. The number of carbonyl (C=O) groups excluding carboxylic acids is 2. The lowest BCUT2D eigenvalue weighted by atomic mass is 9.98. The van der Waals surface area contributed by atoms with Crippen LogP contribution in [0.15, 0.2) is 47.5 Å². The lowest BCUT2D eigenvalue weighted by molar-refractivity contribution is -0.118. The SMILES string of the molecule is COc1ccc2c(c1)C(C)C(COc1ccc(CC3SC(=O)NC3=O)cc1)=N2. The van der Waals surface area contributed by atoms with Crippen LogP contribution in [-0.4, -0.2) is 35.8 Å². The van der Waals surface area contributed by atoms with Gasteiger partial charge in [0.2, 0.25) is 5.91 Å². The number of fused-ring (bicyclic) bond motifs is 1. The van der Waals surface area contributed by atoms with Crippen molar-refractivity contribution in [3.05, 3.63) is 53.6 Å². The smallest absolute Gasteiger partial charge is 0.286 e. The number of rotatable bonds is 6. The number of nitrogens with one attached hydrogen (secondary N) is 1. The number of ether oxygens (including phenoxy) is 2. The fourth-order valence-corrected chi connectivity index (χ4v) is 4.18. The van der Waals surface area contributed by atoms with Gasteiger partial charge < -0.3 is 9.47 Å². The van der Waals surface area contributed by atoms with Crippen LogP contribution in [-0.2, 0) is 11.2 Å². The number of benzene rings is 2. The Morgan fingerprint density at radius 2 is 1.86 bits per heavy atom. The molecule has 0 aromatic heterocycles. The first-order valence-electron chi connectivity index (χ1n) is 9.02. The third-order valence-corrected chi connectivity index (χ3v) is 5.94. The molecule has 2 amide bonds. The lowest BCUT2D eigenvalue weighted by Gasteiger charge is -2.12. The molecule has 2 aromatic carbocycles. The van der Waals surface area contributed by atoms with Crippen LogP contribution in [0.25, 0.3) is 0 Å². The molecule has 1 saturated heterocycles. The minimum absolute atomic E-state index is 0.180. The second-order valence-electron chi connectivity index (χ2n) is 6.77. The van der Waals surface area contributed by atoms with Gasteiger partial charge in [-0.15, -0.1) is 0 Å². The third-order valence-electron chi connectivity index (χ3n) is 4.96. The molecule has 0 aliphatic carbocycles. The van der Waals surface area contributed by atoms with Gasteiger partial charge >= 0.3 is 0 Å². The van der Waals surface area contributed by atoms with Crippen LogP contribution in [0.3, 0.4) is 0 Å². The molecule has 0 radical (unpaired) electrons. The molecule has 2 aromatic rings. The minimum Gasteiger partial charge on any atom is -0.497 e. The highest BCUT2D eigenvalue weighted by Gasteiger charge is 2.31. The molecule has 7 heteroatoms. The van der Waals surface area contributed by atoms with E-state index in [1.165, 1.54) is 0 Å². The lowest BCUT2D eigenvalue weighted by Crippen LogP contribution is -2.25. The summed E-state index contributed by atoms with van der Waals surface area (Å²) in [5.74, 6) is 1.53. The molecular weight excluding hydrogens is 376 g/mol. The highest BCUT2D eigenvalue weighted by atomic mass is 32.2. The molecule has 2 atom stereocenters. The maximum atomic E-state index is 11.7. The van der Waals surface area contributed by atoms with Crippen molar-refractivity contribution in [3.63, 3.8) is 0 Å². The van der Waals surface area contributed by atoms with Crippen LogP contribution in [0, 0.1) is 0 Å². The van der Waals surface area contributed by atoms with Crippen LogP contribution in [0.5, 0.6) is 11.5 Å². The molecular formula is C21H20N2O4S. The average Bonchev–Trinajstić information content (AvgIpc) is 3.19. The minimum atomic E-state index is -0.358. The highest BCUT2D eigenvalue weighted by molar-refractivity contribution is 8.15. The summed E-state index contributed by atoms with van der Waals surface area (Å²) in [6.45, 7) is 2.52. The fraction of sp³-hybridized carbons (Fsp3) is 0.286. The van der Waals surface area contributed by atoms with E-state index in [4.69, 9.17) is 9.47 Å². The average molecular weight is 396 g/mol. The van der Waals surface area contributed by atoms with Gasteiger partial charge in [0, 0.05) is 5.92 Å². The van der Waals surface area contributed by atoms with Crippen molar-refractivity contribution in [2.45, 2.75) is 24.5 Å². The molecule has 0 saturated carbocycles. The van der Waals surface area contributed by atoms with E-state index in [1.807, 2.05) is 42.5 Å². The first kappa shape index (κ1) is 18.6. The van der Waals surface area contributed by atoms with E-state index >= 15 is 0 Å². The third kappa shape index (κ3) is 3.75. The van der Waals surface area contributed by atoms with Gasteiger partial charge in [-0.3, -0.25) is 19.9 Å². The van der Waals surface area contributed by atoms with Crippen molar-refractivity contribution < 1.29 is 19.1 Å². The molecule has 2 aliphatic heterocycles. The summed E-state index contributed by atoms with van der Waals surface area (Å²) < 4.78 is 11.2. The van der Waals surface area contributed by atoms with Gasteiger partial charge in [0.15, 0.2) is 0 Å². The summed E-state index contributed by atoms with van der Waals surface area (Å²) in [7, 11) is 1.66. The molecule has 2 heterocycles. The first-order valence-corrected chi connectivity index (χ1v) is 9.90. The van der Waals surface area contributed by atoms with E-state index in [-0.39, 0.29) is 22.3 Å². The molecule has 1 N–H and O–H groups in total. The van der Waals surface area contributed by atoms with Crippen molar-refractivity contribution in [1.82, 2.24) is 5.32 Å². The summed E-state index contributed by atoms with van der Waals surface area (Å²) in [6.07, 6.45) is 0.517. The topological polar surface area (TPSA) is 77.0 Å². The number of methoxy groups -OCH3 is 1. The van der Waals surface area contributed by atoms with E-state index in [9.17, 15) is 9.59 Å². The normalized spacial score (nSPS) is 20.6. The van der Waals surface area contributed by atoms with Gasteiger partial charge in [0.05, 0.1) is 23.8 Å². The zero-order valence-corrected chi connectivity index (χ0v) is 16.4. The molecule has 1 fully saturated rings. The van der Waals surface area contributed by atoms with Crippen molar-refractivity contribution in [2.24, 2.45) is 4.99 Å². The van der Waals surface area contributed by atoms with Gasteiger partial charge in [0.25, 0.3) is 5.24 Å². The van der Waals surface area contributed by atoms with Gasteiger partial charge in [0.1, 0.15) is 18.1 Å². The summed E-state index contributed by atoms with van der Waals surface area (Å²) in [6, 6.07) is 13.5. The van der Waals surface area contributed by atoms with Crippen molar-refractivity contribution in [1.29, 1.82) is 0 Å². The second-order valence-corrected chi connectivity index (χ2v) is 7.95. The monoisotopic (exact) mass is 396 g/mol. The zero-order valence-electron chi connectivity index (χ0n) is 15.6. The Balaban J connectivity index is 1.35. The summed E-state index contributed by atoms with van der Waals surface area (Å²) >= 11 is 1.04. The number of nitrogens with zero attached hydrogens (tertiary/aromatic N) is 1. The number of imide groups is 1. The first-order chi connectivity index (χ1) is 13.5. The van der Waals surface area contributed by atoms with E-state index in [1.54, 1.807) is 7.11 Å². The zero-order chi connectivity index (χ0) is 19.7. The Kier molecular flexibility index (Phi) is 5.09. The summed E-state index contributed by atoms with van der Waals surface area (Å²) in [4.78, 5) is 27.6. The van der Waals surface area contributed by atoms with Gasteiger partial charge in [-0.2, -0.15) is 0 Å². The Bertz CT molecular complexity index is 955. The van der Waals surface area contributed by atoms with Gasteiger partial charge in [-0.05, 0) is 47.9 Å². The van der Waals surface area contributed by atoms with Crippen LogP contribution >= 0.6 is 11.8 Å². The number of carbonyl (C=O) groups is 2. The highest BCUT2D eigenvalue weighted by Crippen LogP contribution is 2.37. The molecule has 0 spiro atoms. The molecule has 0 bridgehead atoms. The summed E-state index contributed by atoms with van der Waals surface area (Å²) in [5, 5.41) is 1.67. The number of thioether (sulfide) groups is 1. The van der Waals surface area contributed by atoms with E-state index in [0.717, 1.165) is 45.8 Å². The number of amides is 2. The van der Waals surface area contributed by atoms with Crippen molar-refractivity contribution in [3.8, 4) is 11.5 Å². The van der Waals surface area contributed by atoms with Crippen molar-refractivity contribution >= 4 is 34.3 Å². The van der Waals surface area contributed by atoms with Crippen LogP contribution in [0.1, 0.15) is 24.0 Å². The molecule has 144 valence electrons. The standard InChI is InChI=1S/C21H20N2O4S/c1-12-16-10-15(26-2)7-8-17(16)22-18(12)11-27-14-5-3-13(4-6-14)9-19-20(24)23-21(25)28-19/h3-8,10,12,19H,9,11H2,1-2H3,(H,23,24,25). The predicted octanol–water partition coefficient (Wildman–Crippen LogP) is 3.86. The largest absolute Gasteiger partial charge is 0.497 e. The Hall–Kier alpha value is -2.80. The van der Waals surface area contributed by atoms with Crippen LogP contribution in [0.2, 0.25) is 0 Å². The van der Waals surface area contributed by atoms with Gasteiger partial charge in [-0.1, -0.05) is 30.8 Å². The Morgan fingerprint density at radius 1 is 1.11 bits per heavy atom. The maximum Gasteiger partial charge on any atom is 0.286 e. The molecule has 2 unspecified atom stereocenters. The fourth-order valence-electron chi connectivity index (χ4n) is 3.32. The second kappa shape index (κ2) is 7.67. The van der Waals surface area contributed by atoms with E-state index in [2.05, 4.69) is 17.2 Å². The predicted molar refractivity (Wildman–Crippen MR) is 109 cm³/mol. The number of aliphatic imine (C=N–C) groups is 1. The molecule has 28 heavy (non-hydrogen) atoms. The van der Waals surface area contributed by atoms with E-state index in [0.29, 0.717) is 13.0 Å². The molecule has 4 rings (SSSR count). The summed E-state index contributed by atoms with van der Waals surface area (Å²) in [5.41, 5.74) is 4.07. The Labute approximate surface area is 167 Å². The van der Waals surface area contributed by atoms with Crippen LogP contribution in [0.4, 0.5) is 10.5 Å². The van der Waals surface area contributed by atoms with E-state index < -0.39 is 0 Å². The Morgan fingerprint density at radius 3 is 2.54 bits per heavy atom.